The van der Waals surface area contributed by atoms with Gasteiger partial charge in [-0.25, -0.2) is 4.57 Å². The summed E-state index contributed by atoms with van der Waals surface area (Å²) in [4.78, 5) is 17.7. The lowest BCUT2D eigenvalue weighted by atomic mass is 10.1. The fourth-order valence-electron chi connectivity index (χ4n) is 2.79. The molecule has 4 N–H and O–H groups in total. The number of phenols is 4. The van der Waals surface area contributed by atoms with Crippen LogP contribution in [0.2, 0.25) is 0 Å². The van der Waals surface area contributed by atoms with Gasteiger partial charge in [-0.05, 0) is 18.2 Å². The summed E-state index contributed by atoms with van der Waals surface area (Å²) in [7, 11) is -4.50. The van der Waals surface area contributed by atoms with Crippen LogP contribution in [0.1, 0.15) is 0 Å². The molecule has 0 aliphatic carbocycles. The van der Waals surface area contributed by atoms with Gasteiger partial charge in [0.15, 0.2) is 28.6 Å². The Hall–Kier alpha value is -3.56. The van der Waals surface area contributed by atoms with Crippen LogP contribution in [-0.4, -0.2) is 20.4 Å². The third-order valence-corrected chi connectivity index (χ3v) is 5.08. The van der Waals surface area contributed by atoms with Gasteiger partial charge in [-0.2, -0.15) is 0 Å². The Balaban J connectivity index is 1.96. The predicted octanol–water partition coefficient (Wildman–Crippen LogP) is 2.49. The molecule has 6 bridgehead atoms. The highest BCUT2D eigenvalue weighted by Gasteiger charge is 2.47. The molecule has 12 heteroatoms. The highest BCUT2D eigenvalue weighted by atomic mass is 31.2. The van der Waals surface area contributed by atoms with E-state index in [1.54, 1.807) is 0 Å². The Kier molecular flexibility index (Phi) is 2.78. The lowest BCUT2D eigenvalue weighted by Crippen LogP contribution is -2.10. The van der Waals surface area contributed by atoms with Crippen molar-refractivity contribution in [3.8, 4) is 51.6 Å². The van der Waals surface area contributed by atoms with Gasteiger partial charge in [0.05, 0.1) is 0 Å². The first kappa shape index (κ1) is 15.7. The van der Waals surface area contributed by atoms with E-state index in [1.807, 2.05) is 0 Å². The van der Waals surface area contributed by atoms with Gasteiger partial charge < -0.3 is 38.8 Å². The molecule has 2 aromatic carbocycles. The second kappa shape index (κ2) is 4.78. The minimum absolute atomic E-state index is 0.0637. The van der Waals surface area contributed by atoms with Crippen LogP contribution in [0.15, 0.2) is 27.4 Å². The lowest BCUT2D eigenvalue weighted by molar-refractivity contribution is -0.120. The molecular weight excluding hydrogens is 387 g/mol. The van der Waals surface area contributed by atoms with Gasteiger partial charge in [0, 0.05) is 5.56 Å². The van der Waals surface area contributed by atoms with Gasteiger partial charge in [-0.15, -0.1) is 0 Å². The molecule has 0 saturated heterocycles. The minimum Gasteiger partial charge on any atom is -0.504 e. The average Bonchev–Trinajstić information content (AvgIpc) is 2.70. The third-order valence-electron chi connectivity index (χ3n) is 4.01. The third kappa shape index (κ3) is 1.94. The smallest absolute Gasteiger partial charge is 0.504 e. The molecule has 1 aromatic heterocycles. The molecule has 0 spiro atoms. The summed E-state index contributed by atoms with van der Waals surface area (Å²) in [6.45, 7) is 0. The summed E-state index contributed by atoms with van der Waals surface area (Å²) < 4.78 is 32.6. The fourth-order valence-corrected chi connectivity index (χ4v) is 3.84. The normalized spacial score (nSPS) is 19.4. The van der Waals surface area contributed by atoms with E-state index in [1.165, 1.54) is 6.07 Å². The van der Waals surface area contributed by atoms with Gasteiger partial charge in [-0.3, -0.25) is 4.79 Å². The van der Waals surface area contributed by atoms with Gasteiger partial charge in [-0.1, -0.05) is 4.67 Å². The number of rotatable bonds is 1. The van der Waals surface area contributed by atoms with Gasteiger partial charge >= 0.3 is 7.82 Å². The summed E-state index contributed by atoms with van der Waals surface area (Å²) in [6, 6.07) is 3.48. The summed E-state index contributed by atoms with van der Waals surface area (Å²) in [5.74, 6) is -4.70. The second-order valence-electron chi connectivity index (χ2n) is 5.64. The van der Waals surface area contributed by atoms with E-state index in [-0.39, 0.29) is 11.3 Å². The van der Waals surface area contributed by atoms with E-state index in [0.717, 1.165) is 12.1 Å². The number of aromatic hydroxyl groups is 4. The molecule has 4 aliphatic rings. The first-order chi connectivity index (χ1) is 12.8. The van der Waals surface area contributed by atoms with E-state index < -0.39 is 64.5 Å². The number of phosphoric acid groups is 1. The van der Waals surface area contributed by atoms with E-state index >= 15 is 0 Å². The first-order valence-electron chi connectivity index (χ1n) is 7.25. The number of hydrogen-bond acceptors (Lipinski definition) is 11. The number of fused-ring (bicyclic) bond motifs is 1. The van der Waals surface area contributed by atoms with Crippen LogP contribution in [0.5, 0.6) is 40.2 Å². The lowest BCUT2D eigenvalue weighted by Gasteiger charge is -2.23. The van der Waals surface area contributed by atoms with Crippen LogP contribution in [0.25, 0.3) is 22.3 Å². The number of phenolic OH excluding ortho intramolecular Hbond substituents is 4. The van der Waals surface area contributed by atoms with Crippen molar-refractivity contribution in [1.82, 2.24) is 0 Å². The van der Waals surface area contributed by atoms with Gasteiger partial charge in [0.25, 0.3) is 5.75 Å². The predicted molar refractivity (Wildman–Crippen MR) is 85.2 cm³/mol. The molecule has 4 aliphatic heterocycles. The molecule has 138 valence electrons. The zero-order chi connectivity index (χ0) is 19.1. The number of phosphoric ester groups is 1. The second-order valence-corrected chi connectivity index (χ2v) is 7.05. The Morgan fingerprint density at radius 2 is 1.63 bits per heavy atom. The molecule has 5 heterocycles. The maximum absolute atomic E-state index is 12.8. The van der Waals surface area contributed by atoms with Gasteiger partial charge in [0.1, 0.15) is 5.39 Å². The van der Waals surface area contributed by atoms with Crippen molar-refractivity contribution in [2.75, 3.05) is 0 Å². The summed E-state index contributed by atoms with van der Waals surface area (Å²) in [5.41, 5.74) is -1.32. The number of hydrogen-bond donors (Lipinski definition) is 4. The van der Waals surface area contributed by atoms with Crippen LogP contribution in [0, 0.1) is 0 Å². The van der Waals surface area contributed by atoms with E-state index in [2.05, 4.69) is 4.67 Å². The van der Waals surface area contributed by atoms with Crippen LogP contribution >= 0.6 is 7.82 Å². The summed E-state index contributed by atoms with van der Waals surface area (Å²) in [5, 5.41) is 39.1. The summed E-state index contributed by atoms with van der Waals surface area (Å²) >= 11 is 0. The SMILES string of the molecule is O=c1c2c(-c3ccc(O)c(O)c3)oc3c4c(O)c(c(O)c13)OP(=O)(OO2)O4. The molecule has 1 atom stereocenters. The fraction of sp³-hybridized carbons (Fsp3) is 0. The maximum Gasteiger partial charge on any atom is 0.625 e. The van der Waals surface area contributed by atoms with Crippen molar-refractivity contribution >= 4 is 18.8 Å². The molecule has 27 heavy (non-hydrogen) atoms. The monoisotopic (exact) mass is 394 g/mol. The van der Waals surface area contributed by atoms with Crippen molar-refractivity contribution in [3.63, 3.8) is 0 Å². The van der Waals surface area contributed by atoms with Crippen LogP contribution < -0.4 is 19.4 Å². The van der Waals surface area contributed by atoms with Crippen LogP contribution in [0.3, 0.4) is 0 Å². The first-order valence-corrected chi connectivity index (χ1v) is 8.71. The Labute approximate surface area is 147 Å². The van der Waals surface area contributed by atoms with Crippen molar-refractivity contribution in [2.24, 2.45) is 0 Å². The zero-order valence-corrected chi connectivity index (χ0v) is 13.7. The standard InChI is InChI=1S/C15H7O11P/c16-5-2-1-4(3-6(5)17)11-14-9(19)7-8(18)13-10(20)15(12(7)22-11)25-27(21,24-13)26-23-14/h1-3,16-18,20H. The van der Waals surface area contributed by atoms with E-state index in [0.29, 0.717) is 0 Å². The van der Waals surface area contributed by atoms with Crippen molar-refractivity contribution in [2.45, 2.75) is 0 Å². The number of benzene rings is 2. The van der Waals surface area contributed by atoms with Crippen LogP contribution in [0.4, 0.5) is 0 Å². The van der Waals surface area contributed by atoms with Crippen molar-refractivity contribution < 1.29 is 48.0 Å². The molecular formula is C15H7O11P. The topological polar surface area (TPSA) is 165 Å². The zero-order valence-electron chi connectivity index (χ0n) is 12.8. The molecule has 0 saturated carbocycles. The highest BCUT2D eigenvalue weighted by Crippen LogP contribution is 2.65. The highest BCUT2D eigenvalue weighted by molar-refractivity contribution is 7.49. The average molecular weight is 394 g/mol. The summed E-state index contributed by atoms with van der Waals surface area (Å²) in [6.07, 6.45) is 0. The molecule has 7 rings (SSSR count). The van der Waals surface area contributed by atoms with Gasteiger partial charge in [0.2, 0.25) is 22.7 Å². The van der Waals surface area contributed by atoms with Crippen molar-refractivity contribution in [3.05, 3.63) is 28.4 Å². The molecule has 1 unspecified atom stereocenters. The Morgan fingerprint density at radius 3 is 2.37 bits per heavy atom. The maximum atomic E-state index is 12.8. The Bertz CT molecular complexity index is 1280. The molecule has 0 fully saturated rings. The molecule has 3 aromatic rings. The molecule has 11 nitrogen and oxygen atoms in total. The largest absolute Gasteiger partial charge is 0.625 e. The molecule has 0 radical (unpaired) electrons. The van der Waals surface area contributed by atoms with Crippen LogP contribution in [-0.2, 0) is 9.24 Å². The molecule has 0 amide bonds. The van der Waals surface area contributed by atoms with E-state index in [9.17, 15) is 29.8 Å². The minimum atomic E-state index is -4.50. The van der Waals surface area contributed by atoms with Crippen molar-refractivity contribution in [1.29, 1.82) is 0 Å². The van der Waals surface area contributed by atoms with E-state index in [4.69, 9.17) is 18.4 Å². The quantitative estimate of drug-likeness (QED) is 0.272. The Morgan fingerprint density at radius 1 is 0.889 bits per heavy atom.